The van der Waals surface area contributed by atoms with Crippen LogP contribution >= 0.6 is 7.60 Å². The smallest absolute Gasteiger partial charge is 0.407 e. The second kappa shape index (κ2) is 8.42. The quantitative estimate of drug-likeness (QED) is 0.594. The molecule has 0 heterocycles. The summed E-state index contributed by atoms with van der Waals surface area (Å²) in [5.74, 6) is -0.360. The minimum Gasteiger partial charge on any atom is -0.444 e. The van der Waals surface area contributed by atoms with Gasteiger partial charge in [0.05, 0.1) is 0 Å². The van der Waals surface area contributed by atoms with Gasteiger partial charge in [-0.3, -0.25) is 9.36 Å². The third kappa shape index (κ3) is 6.83. The molecule has 0 saturated heterocycles. The topological polar surface area (TPSA) is 90.9 Å². The number of carbonyl (C=O) groups excluding carboxylic acids is 2. The molecule has 1 N–H and O–H groups in total. The Bertz CT molecular complexity index is 630. The van der Waals surface area contributed by atoms with Crippen molar-refractivity contribution in [3.8, 4) is 0 Å². The van der Waals surface area contributed by atoms with Crippen molar-refractivity contribution in [3.05, 3.63) is 35.4 Å². The van der Waals surface area contributed by atoms with Gasteiger partial charge in [-0.15, -0.1) is 0 Å². The third-order valence-corrected chi connectivity index (χ3v) is 4.77. The van der Waals surface area contributed by atoms with Gasteiger partial charge < -0.3 is 19.1 Å². The summed E-state index contributed by atoms with van der Waals surface area (Å²) in [5.41, 5.74) is 0.507. The first kappa shape index (κ1) is 20.4. The highest BCUT2D eigenvalue weighted by molar-refractivity contribution is 7.54. The normalized spacial score (nSPS) is 11.9. The van der Waals surface area contributed by atoms with Crippen LogP contribution in [-0.4, -0.2) is 37.9 Å². The number of hydrogen-bond donors (Lipinski definition) is 1. The Morgan fingerprint density at radius 2 is 1.79 bits per heavy atom. The first-order valence-corrected chi connectivity index (χ1v) is 9.11. The fourth-order valence-corrected chi connectivity index (χ4v) is 2.76. The van der Waals surface area contributed by atoms with Crippen LogP contribution in [0, 0.1) is 0 Å². The van der Waals surface area contributed by atoms with E-state index in [-0.39, 0.29) is 18.5 Å². The molecule has 0 spiro atoms. The Kier molecular flexibility index (Phi) is 7.14. The van der Waals surface area contributed by atoms with Gasteiger partial charge in [0.15, 0.2) is 5.78 Å². The van der Waals surface area contributed by atoms with E-state index >= 15 is 0 Å². The van der Waals surface area contributed by atoms with Crippen LogP contribution in [0.15, 0.2) is 24.3 Å². The zero-order chi connectivity index (χ0) is 18.4. The lowest BCUT2D eigenvalue weighted by Crippen LogP contribution is -2.32. The van der Waals surface area contributed by atoms with E-state index < -0.39 is 19.3 Å². The summed E-state index contributed by atoms with van der Waals surface area (Å²) in [6.45, 7) is 5.53. The molecule has 0 saturated carbocycles. The van der Waals surface area contributed by atoms with Gasteiger partial charge in [0.2, 0.25) is 0 Å². The molecule has 0 unspecified atom stereocenters. The minimum absolute atomic E-state index is 0.211. The molecule has 24 heavy (non-hydrogen) atoms. The summed E-state index contributed by atoms with van der Waals surface area (Å²) in [6, 6.07) is 6.68. The number of benzene rings is 1. The highest BCUT2D eigenvalue weighted by Crippen LogP contribution is 2.46. The number of carbonyl (C=O) groups is 2. The second-order valence-electron chi connectivity index (χ2n) is 6.11. The van der Waals surface area contributed by atoms with Gasteiger partial charge in [0.1, 0.15) is 11.8 Å². The number of hydrogen-bond acceptors (Lipinski definition) is 6. The first-order chi connectivity index (χ1) is 11.1. The zero-order valence-electron chi connectivity index (χ0n) is 14.6. The predicted octanol–water partition coefficient (Wildman–Crippen LogP) is 3.38. The molecular formula is C16H24NO6P. The maximum Gasteiger partial charge on any atom is 0.407 e. The lowest BCUT2D eigenvalue weighted by molar-refractivity contribution is 0.0523. The van der Waals surface area contributed by atoms with Crippen LogP contribution in [-0.2, 0) is 24.9 Å². The van der Waals surface area contributed by atoms with E-state index in [9.17, 15) is 14.2 Å². The fourth-order valence-electron chi connectivity index (χ4n) is 1.81. The largest absolute Gasteiger partial charge is 0.444 e. The van der Waals surface area contributed by atoms with Crippen molar-refractivity contribution < 1.29 is 27.9 Å². The molecule has 1 rings (SSSR count). The maximum absolute atomic E-state index is 12.2. The standard InChI is InChI=1S/C16H24NO6P/c1-16(2,3)23-15(19)17-10-12-7-6-8-13(9-12)14(18)11-24(20,21-4)22-5/h6-9H,10-11H2,1-5H3,(H,17,19). The van der Waals surface area contributed by atoms with E-state index in [0.29, 0.717) is 5.56 Å². The number of rotatable bonds is 7. The molecular weight excluding hydrogens is 333 g/mol. The molecule has 0 aliphatic heterocycles. The summed E-state index contributed by atoms with van der Waals surface area (Å²) in [4.78, 5) is 23.9. The molecule has 134 valence electrons. The molecule has 0 aliphatic rings. The molecule has 8 heteroatoms. The van der Waals surface area contributed by atoms with Gasteiger partial charge in [-0.25, -0.2) is 4.79 Å². The predicted molar refractivity (Wildman–Crippen MR) is 90.3 cm³/mol. The van der Waals surface area contributed by atoms with Crippen molar-refractivity contribution in [1.29, 1.82) is 0 Å². The molecule has 1 amide bonds. The van der Waals surface area contributed by atoms with Crippen molar-refractivity contribution in [2.24, 2.45) is 0 Å². The van der Waals surface area contributed by atoms with E-state index in [1.54, 1.807) is 45.0 Å². The molecule has 1 aromatic rings. The minimum atomic E-state index is -3.41. The van der Waals surface area contributed by atoms with Crippen LogP contribution in [0.1, 0.15) is 36.7 Å². The number of ether oxygens (including phenoxy) is 1. The van der Waals surface area contributed by atoms with Gasteiger partial charge in [0, 0.05) is 26.3 Å². The van der Waals surface area contributed by atoms with E-state index in [2.05, 4.69) is 5.32 Å². The van der Waals surface area contributed by atoms with Gasteiger partial charge in [-0.2, -0.15) is 0 Å². The van der Waals surface area contributed by atoms with Gasteiger partial charge >= 0.3 is 13.7 Å². The lowest BCUT2D eigenvalue weighted by atomic mass is 10.1. The molecule has 0 bridgehead atoms. The molecule has 7 nitrogen and oxygen atoms in total. The average molecular weight is 357 g/mol. The van der Waals surface area contributed by atoms with E-state index in [1.807, 2.05) is 0 Å². The third-order valence-electron chi connectivity index (χ3n) is 2.98. The Labute approximate surface area is 142 Å². The molecule has 0 aliphatic carbocycles. The zero-order valence-corrected chi connectivity index (χ0v) is 15.5. The Hall–Kier alpha value is -1.69. The van der Waals surface area contributed by atoms with Crippen molar-refractivity contribution in [3.63, 3.8) is 0 Å². The summed E-state index contributed by atoms with van der Waals surface area (Å²) in [5, 5.41) is 2.62. The van der Waals surface area contributed by atoms with Gasteiger partial charge in [-0.05, 0) is 32.4 Å². The molecule has 0 aromatic heterocycles. The second-order valence-corrected chi connectivity index (χ2v) is 8.38. The highest BCUT2D eigenvalue weighted by atomic mass is 31.2. The van der Waals surface area contributed by atoms with Crippen LogP contribution in [0.3, 0.4) is 0 Å². The van der Waals surface area contributed by atoms with E-state index in [0.717, 1.165) is 5.56 Å². The molecule has 0 atom stereocenters. The molecule has 0 radical (unpaired) electrons. The monoisotopic (exact) mass is 357 g/mol. The van der Waals surface area contributed by atoms with Crippen LogP contribution in [0.5, 0.6) is 0 Å². The van der Waals surface area contributed by atoms with Crippen molar-refractivity contribution in [2.75, 3.05) is 20.4 Å². The van der Waals surface area contributed by atoms with E-state index in [1.165, 1.54) is 14.2 Å². The van der Waals surface area contributed by atoms with Crippen molar-refractivity contribution in [1.82, 2.24) is 5.32 Å². The first-order valence-electron chi connectivity index (χ1n) is 7.38. The molecule has 1 aromatic carbocycles. The summed E-state index contributed by atoms with van der Waals surface area (Å²) in [6.07, 6.45) is -0.884. The van der Waals surface area contributed by atoms with E-state index in [4.69, 9.17) is 13.8 Å². The lowest BCUT2D eigenvalue weighted by Gasteiger charge is -2.19. The SMILES string of the molecule is COP(=O)(CC(=O)c1cccc(CNC(=O)OC(C)(C)C)c1)OC. The van der Waals surface area contributed by atoms with Crippen molar-refractivity contribution >= 4 is 19.5 Å². The van der Waals surface area contributed by atoms with Gasteiger partial charge in [0.25, 0.3) is 0 Å². The Morgan fingerprint density at radius 1 is 1.17 bits per heavy atom. The Balaban J connectivity index is 2.72. The number of nitrogens with one attached hydrogen (secondary N) is 1. The summed E-state index contributed by atoms with van der Waals surface area (Å²) in [7, 11) is -0.942. The number of amides is 1. The van der Waals surface area contributed by atoms with Crippen LogP contribution < -0.4 is 5.32 Å². The fraction of sp³-hybridized carbons (Fsp3) is 0.500. The van der Waals surface area contributed by atoms with Crippen LogP contribution in [0.4, 0.5) is 4.79 Å². The van der Waals surface area contributed by atoms with Gasteiger partial charge in [-0.1, -0.05) is 18.2 Å². The van der Waals surface area contributed by atoms with Crippen LogP contribution in [0.2, 0.25) is 0 Å². The van der Waals surface area contributed by atoms with Crippen LogP contribution in [0.25, 0.3) is 0 Å². The highest BCUT2D eigenvalue weighted by Gasteiger charge is 2.26. The molecule has 0 fully saturated rings. The number of Topliss-reactive ketones (excluding diaryl/α,β-unsaturated/α-hetero) is 1. The number of alkyl carbamates (subject to hydrolysis) is 1. The Morgan fingerprint density at radius 3 is 2.33 bits per heavy atom. The average Bonchev–Trinajstić information content (AvgIpc) is 2.51. The number of ketones is 1. The van der Waals surface area contributed by atoms with Crippen molar-refractivity contribution in [2.45, 2.75) is 32.9 Å². The maximum atomic E-state index is 12.2. The summed E-state index contributed by atoms with van der Waals surface area (Å²) >= 11 is 0. The summed E-state index contributed by atoms with van der Waals surface area (Å²) < 4.78 is 26.7.